The van der Waals surface area contributed by atoms with E-state index >= 15 is 0 Å². The number of benzene rings is 2. The van der Waals surface area contributed by atoms with Crippen LogP contribution in [0.15, 0.2) is 46.0 Å². The highest BCUT2D eigenvalue weighted by Crippen LogP contribution is 2.29. The minimum Gasteiger partial charge on any atom is -0.506 e. The molecule has 1 heterocycles. The Morgan fingerprint density at radius 2 is 2.21 bits per heavy atom. The van der Waals surface area contributed by atoms with Crippen molar-refractivity contribution in [1.29, 1.82) is 0 Å². The zero-order valence-corrected chi connectivity index (χ0v) is 14.4. The summed E-state index contributed by atoms with van der Waals surface area (Å²) >= 11 is 9.24. The SMILES string of the molecule is O=C(Nc1cc(Br)ccc1O)[C@H]1CC(c2c(F)cccc2Cl)=NO1. The Balaban J connectivity index is 1.73. The average molecular weight is 414 g/mol. The van der Waals surface area contributed by atoms with Crippen LogP contribution in [-0.2, 0) is 9.63 Å². The molecule has 1 amide bonds. The molecule has 1 atom stereocenters. The van der Waals surface area contributed by atoms with Crippen molar-refractivity contribution >= 4 is 44.8 Å². The second-order valence-electron chi connectivity index (χ2n) is 5.08. The third-order valence-electron chi connectivity index (χ3n) is 3.43. The molecule has 24 heavy (non-hydrogen) atoms. The second-order valence-corrected chi connectivity index (χ2v) is 6.41. The van der Waals surface area contributed by atoms with E-state index in [9.17, 15) is 14.3 Å². The minimum atomic E-state index is -0.936. The molecule has 8 heteroatoms. The first kappa shape index (κ1) is 16.7. The highest BCUT2D eigenvalue weighted by Gasteiger charge is 2.31. The van der Waals surface area contributed by atoms with E-state index < -0.39 is 17.8 Å². The minimum absolute atomic E-state index is 0.0707. The van der Waals surface area contributed by atoms with Crippen LogP contribution in [0.1, 0.15) is 12.0 Å². The van der Waals surface area contributed by atoms with Gasteiger partial charge in [0.1, 0.15) is 11.6 Å². The summed E-state index contributed by atoms with van der Waals surface area (Å²) in [6.45, 7) is 0. The molecule has 2 N–H and O–H groups in total. The van der Waals surface area contributed by atoms with Crippen LogP contribution in [0.2, 0.25) is 5.02 Å². The van der Waals surface area contributed by atoms with Crippen LogP contribution in [0, 0.1) is 5.82 Å². The number of halogens is 3. The lowest BCUT2D eigenvalue weighted by Crippen LogP contribution is -2.28. The lowest BCUT2D eigenvalue weighted by molar-refractivity contribution is -0.125. The predicted octanol–water partition coefficient (Wildman–Crippen LogP) is 4.08. The summed E-state index contributed by atoms with van der Waals surface area (Å²) in [5.74, 6) is -1.12. The number of phenolic OH excluding ortho intramolecular Hbond substituents is 1. The maximum atomic E-state index is 13.9. The molecule has 0 aliphatic carbocycles. The van der Waals surface area contributed by atoms with Gasteiger partial charge < -0.3 is 15.3 Å². The van der Waals surface area contributed by atoms with E-state index in [4.69, 9.17) is 16.4 Å². The standard InChI is InChI=1S/C16H11BrClFN2O3/c17-8-4-5-13(22)11(6-8)20-16(23)14-7-12(21-24-14)15-9(18)2-1-3-10(15)19/h1-6,14,22H,7H2,(H,20,23)/t14-/m1/s1. The molecule has 1 aliphatic heterocycles. The second kappa shape index (κ2) is 6.78. The van der Waals surface area contributed by atoms with Gasteiger partial charge in [0.25, 0.3) is 5.91 Å². The Kier molecular flexibility index (Phi) is 4.73. The number of phenols is 1. The molecule has 1 aliphatic rings. The van der Waals surface area contributed by atoms with Crippen molar-refractivity contribution in [2.24, 2.45) is 5.16 Å². The third kappa shape index (κ3) is 3.37. The van der Waals surface area contributed by atoms with Gasteiger partial charge in [0.05, 0.1) is 22.0 Å². The maximum Gasteiger partial charge on any atom is 0.268 e. The fraction of sp³-hybridized carbons (Fsp3) is 0.125. The van der Waals surface area contributed by atoms with Gasteiger partial charge in [-0.2, -0.15) is 0 Å². The summed E-state index contributed by atoms with van der Waals surface area (Å²) in [5.41, 5.74) is 0.617. The van der Waals surface area contributed by atoms with Crippen molar-refractivity contribution in [2.75, 3.05) is 5.32 Å². The Morgan fingerprint density at radius 1 is 1.42 bits per heavy atom. The van der Waals surface area contributed by atoms with Gasteiger partial charge in [0, 0.05) is 10.9 Å². The maximum absolute atomic E-state index is 13.9. The van der Waals surface area contributed by atoms with Crippen molar-refractivity contribution in [1.82, 2.24) is 0 Å². The molecular weight excluding hydrogens is 403 g/mol. The van der Waals surface area contributed by atoms with Crippen LogP contribution >= 0.6 is 27.5 Å². The van der Waals surface area contributed by atoms with Crippen LogP contribution in [0.25, 0.3) is 0 Å². The molecule has 0 radical (unpaired) electrons. The summed E-state index contributed by atoms with van der Waals surface area (Å²) in [6.07, 6.45) is -0.865. The van der Waals surface area contributed by atoms with Gasteiger partial charge in [-0.15, -0.1) is 0 Å². The number of carbonyl (C=O) groups is 1. The zero-order chi connectivity index (χ0) is 17.3. The lowest BCUT2D eigenvalue weighted by Gasteiger charge is -2.11. The summed E-state index contributed by atoms with van der Waals surface area (Å²) in [5, 5.41) is 16.3. The van der Waals surface area contributed by atoms with E-state index in [1.165, 1.54) is 24.3 Å². The van der Waals surface area contributed by atoms with E-state index in [1.807, 2.05) is 0 Å². The number of aromatic hydroxyl groups is 1. The first-order valence-electron chi connectivity index (χ1n) is 6.92. The van der Waals surface area contributed by atoms with E-state index in [-0.39, 0.29) is 34.2 Å². The first-order chi connectivity index (χ1) is 11.5. The molecule has 0 bridgehead atoms. The number of nitrogens with zero attached hydrogens (tertiary/aromatic N) is 1. The smallest absolute Gasteiger partial charge is 0.268 e. The predicted molar refractivity (Wildman–Crippen MR) is 91.9 cm³/mol. The summed E-state index contributed by atoms with van der Waals surface area (Å²) < 4.78 is 14.6. The lowest BCUT2D eigenvalue weighted by atomic mass is 10.0. The normalized spacial score (nSPS) is 16.5. The number of rotatable bonds is 3. The van der Waals surface area contributed by atoms with Crippen LogP contribution in [0.4, 0.5) is 10.1 Å². The van der Waals surface area contributed by atoms with Crippen molar-refractivity contribution < 1.29 is 19.1 Å². The number of amides is 1. The van der Waals surface area contributed by atoms with Crippen LogP contribution < -0.4 is 5.32 Å². The van der Waals surface area contributed by atoms with Crippen molar-refractivity contribution in [2.45, 2.75) is 12.5 Å². The zero-order valence-electron chi connectivity index (χ0n) is 12.1. The van der Waals surface area contributed by atoms with Gasteiger partial charge >= 0.3 is 0 Å². The number of anilines is 1. The largest absolute Gasteiger partial charge is 0.506 e. The fourth-order valence-corrected chi connectivity index (χ4v) is 2.89. The molecule has 2 aromatic carbocycles. The molecule has 0 fully saturated rings. The van der Waals surface area contributed by atoms with Crippen molar-refractivity contribution in [3.63, 3.8) is 0 Å². The average Bonchev–Trinajstić information content (AvgIpc) is 3.00. The number of hydrogen-bond acceptors (Lipinski definition) is 4. The van der Waals surface area contributed by atoms with Gasteiger partial charge in [-0.1, -0.05) is 38.8 Å². The quantitative estimate of drug-likeness (QED) is 0.745. The highest BCUT2D eigenvalue weighted by atomic mass is 79.9. The Morgan fingerprint density at radius 3 is 2.96 bits per heavy atom. The number of nitrogens with one attached hydrogen (secondary N) is 1. The van der Waals surface area contributed by atoms with E-state index in [2.05, 4.69) is 26.4 Å². The van der Waals surface area contributed by atoms with Gasteiger partial charge in [-0.05, 0) is 30.3 Å². The third-order valence-corrected chi connectivity index (χ3v) is 4.24. The van der Waals surface area contributed by atoms with Gasteiger partial charge in [-0.25, -0.2) is 4.39 Å². The van der Waals surface area contributed by atoms with Crippen molar-refractivity contribution in [3.8, 4) is 5.75 Å². The van der Waals surface area contributed by atoms with E-state index in [1.54, 1.807) is 12.1 Å². The van der Waals surface area contributed by atoms with Crippen LogP contribution in [0.3, 0.4) is 0 Å². The Labute approximate surface area is 150 Å². The summed E-state index contributed by atoms with van der Waals surface area (Å²) in [7, 11) is 0. The molecular formula is C16H11BrClFN2O3. The van der Waals surface area contributed by atoms with Gasteiger partial charge in [-0.3, -0.25) is 4.79 Å². The van der Waals surface area contributed by atoms with E-state index in [0.717, 1.165) is 0 Å². The topological polar surface area (TPSA) is 70.9 Å². The van der Waals surface area contributed by atoms with Gasteiger partial charge in [0.2, 0.25) is 6.10 Å². The molecule has 0 spiro atoms. The highest BCUT2D eigenvalue weighted by molar-refractivity contribution is 9.10. The molecule has 0 saturated heterocycles. The van der Waals surface area contributed by atoms with Gasteiger partial charge in [0.15, 0.2) is 0 Å². The summed E-state index contributed by atoms with van der Waals surface area (Å²) in [4.78, 5) is 17.4. The molecule has 3 rings (SSSR count). The first-order valence-corrected chi connectivity index (χ1v) is 8.09. The number of carbonyl (C=O) groups excluding carboxylic acids is 1. The van der Waals surface area contributed by atoms with Crippen LogP contribution in [0.5, 0.6) is 5.75 Å². The molecule has 0 unspecified atom stereocenters. The Bertz CT molecular complexity index is 824. The molecule has 124 valence electrons. The molecule has 2 aromatic rings. The fourth-order valence-electron chi connectivity index (χ4n) is 2.26. The van der Waals surface area contributed by atoms with Crippen LogP contribution in [-0.4, -0.2) is 22.8 Å². The molecule has 0 aromatic heterocycles. The number of hydrogen-bond donors (Lipinski definition) is 2. The number of oxime groups is 1. The molecule has 0 saturated carbocycles. The summed E-state index contributed by atoms with van der Waals surface area (Å²) in [6, 6.07) is 8.91. The van der Waals surface area contributed by atoms with Crippen molar-refractivity contribution in [3.05, 3.63) is 57.3 Å². The Hall–Kier alpha value is -2.12. The van der Waals surface area contributed by atoms with E-state index in [0.29, 0.717) is 4.47 Å². The monoisotopic (exact) mass is 412 g/mol. The molecule has 5 nitrogen and oxygen atoms in total.